The molecule has 1 aromatic carbocycles. The molecule has 0 aromatic heterocycles. The maximum absolute atomic E-state index is 10.0. The predicted octanol–water partition coefficient (Wildman–Crippen LogP) is 1.78. The molecule has 17 heavy (non-hydrogen) atoms. The molecule has 4 nitrogen and oxygen atoms in total. The van der Waals surface area contributed by atoms with Crippen LogP contribution in [0.3, 0.4) is 0 Å². The lowest BCUT2D eigenvalue weighted by atomic mass is 10.1. The van der Waals surface area contributed by atoms with Crippen LogP contribution < -0.4 is 10.8 Å². The average molecular weight is 238 g/mol. The van der Waals surface area contributed by atoms with Crippen LogP contribution in [-0.2, 0) is 4.84 Å². The summed E-state index contributed by atoms with van der Waals surface area (Å²) < 4.78 is 0. The summed E-state index contributed by atoms with van der Waals surface area (Å²) in [6, 6.07) is 9.94. The van der Waals surface area contributed by atoms with Crippen molar-refractivity contribution in [1.29, 1.82) is 0 Å². The van der Waals surface area contributed by atoms with E-state index in [4.69, 9.17) is 4.84 Å². The summed E-state index contributed by atoms with van der Waals surface area (Å²) in [5.41, 5.74) is 2.79. The number of anilines is 1. The molecule has 96 valence electrons. The van der Waals surface area contributed by atoms with Gasteiger partial charge in [-0.15, -0.1) is 0 Å². The second-order valence-electron chi connectivity index (χ2n) is 4.79. The number of hydrogen-bond donors (Lipinski definition) is 3. The number of aliphatic hydroxyl groups is 1. The molecule has 1 atom stereocenters. The van der Waals surface area contributed by atoms with Crippen molar-refractivity contribution in [2.75, 3.05) is 18.6 Å². The minimum Gasteiger partial charge on any atom is -0.386 e. The summed E-state index contributed by atoms with van der Waals surface area (Å²) in [4.78, 5) is 5.28. The second-order valence-corrected chi connectivity index (χ2v) is 4.79. The molecule has 0 fully saturated rings. The molecule has 0 amide bonds. The van der Waals surface area contributed by atoms with E-state index in [2.05, 4.69) is 10.8 Å². The summed E-state index contributed by atoms with van der Waals surface area (Å²) in [6.07, 6.45) is 0. The Balaban J connectivity index is 2.25. The molecule has 0 aliphatic rings. The van der Waals surface area contributed by atoms with Crippen LogP contribution in [0.1, 0.15) is 20.8 Å². The third kappa shape index (κ3) is 6.26. The van der Waals surface area contributed by atoms with E-state index in [1.54, 1.807) is 6.92 Å². The topological polar surface area (TPSA) is 53.5 Å². The highest BCUT2D eigenvalue weighted by Crippen LogP contribution is 2.07. The van der Waals surface area contributed by atoms with Crippen molar-refractivity contribution in [3.8, 4) is 0 Å². The highest BCUT2D eigenvalue weighted by atomic mass is 16.6. The molecule has 0 saturated heterocycles. The Kier molecular flexibility index (Phi) is 5.41. The fourth-order valence-corrected chi connectivity index (χ4v) is 1.26. The quantitative estimate of drug-likeness (QED) is 0.634. The van der Waals surface area contributed by atoms with Gasteiger partial charge in [-0.25, -0.2) is 0 Å². The predicted molar refractivity (Wildman–Crippen MR) is 69.8 cm³/mol. The van der Waals surface area contributed by atoms with Crippen molar-refractivity contribution < 1.29 is 9.94 Å². The molecule has 0 radical (unpaired) electrons. The van der Waals surface area contributed by atoms with Gasteiger partial charge >= 0.3 is 0 Å². The van der Waals surface area contributed by atoms with Crippen LogP contribution in [0.4, 0.5) is 5.69 Å². The van der Waals surface area contributed by atoms with Crippen molar-refractivity contribution in [3.63, 3.8) is 0 Å². The van der Waals surface area contributed by atoms with Gasteiger partial charge in [0.15, 0.2) is 0 Å². The molecule has 1 rings (SSSR count). The van der Waals surface area contributed by atoms with E-state index >= 15 is 0 Å². The Morgan fingerprint density at radius 1 is 1.29 bits per heavy atom. The normalized spacial score (nSPS) is 14.6. The smallest absolute Gasteiger partial charge is 0.104 e. The lowest BCUT2D eigenvalue weighted by molar-refractivity contribution is -0.0172. The molecule has 3 N–H and O–H groups in total. The van der Waals surface area contributed by atoms with Crippen LogP contribution >= 0.6 is 0 Å². The van der Waals surface area contributed by atoms with Gasteiger partial charge in [0.2, 0.25) is 0 Å². The van der Waals surface area contributed by atoms with Gasteiger partial charge in [-0.2, -0.15) is 0 Å². The fourth-order valence-electron chi connectivity index (χ4n) is 1.26. The summed E-state index contributed by atoms with van der Waals surface area (Å²) in [6.45, 7) is 6.55. The summed E-state index contributed by atoms with van der Waals surface area (Å²) >= 11 is 0. The Hall–Kier alpha value is -1.10. The number of rotatable bonds is 7. The van der Waals surface area contributed by atoms with Gasteiger partial charge in [-0.3, -0.25) is 10.3 Å². The van der Waals surface area contributed by atoms with Gasteiger partial charge in [0.1, 0.15) is 12.2 Å². The first-order valence-electron chi connectivity index (χ1n) is 5.88. The van der Waals surface area contributed by atoms with Crippen LogP contribution in [0.25, 0.3) is 0 Å². The third-order valence-corrected chi connectivity index (χ3v) is 2.24. The van der Waals surface area contributed by atoms with Crippen molar-refractivity contribution >= 4 is 5.69 Å². The standard InChI is InChI=1S/C13H22N2O2/c1-11(2)14-9-13(3,16)10-17-15-12-7-5-4-6-8-12/h4-8,11,14-16H,9-10H2,1-3H3. The first kappa shape index (κ1) is 14.0. The number of benzene rings is 1. The zero-order valence-corrected chi connectivity index (χ0v) is 10.7. The van der Waals surface area contributed by atoms with Crippen LogP contribution in [0.5, 0.6) is 0 Å². The van der Waals surface area contributed by atoms with Crippen molar-refractivity contribution in [3.05, 3.63) is 30.3 Å². The molecule has 0 bridgehead atoms. The highest BCUT2D eigenvalue weighted by Gasteiger charge is 2.20. The highest BCUT2D eigenvalue weighted by molar-refractivity contribution is 5.39. The maximum atomic E-state index is 10.0. The van der Waals surface area contributed by atoms with Gasteiger partial charge in [-0.05, 0) is 19.1 Å². The summed E-state index contributed by atoms with van der Waals surface area (Å²) in [7, 11) is 0. The molecule has 0 saturated carbocycles. The molecule has 0 spiro atoms. The molecule has 0 aliphatic carbocycles. The SMILES string of the molecule is CC(C)NCC(C)(O)CONc1ccccc1. The summed E-state index contributed by atoms with van der Waals surface area (Å²) in [5.74, 6) is 0. The average Bonchev–Trinajstić information content (AvgIpc) is 2.28. The zero-order valence-electron chi connectivity index (χ0n) is 10.7. The van der Waals surface area contributed by atoms with E-state index < -0.39 is 5.60 Å². The molecular weight excluding hydrogens is 216 g/mol. The van der Waals surface area contributed by atoms with Crippen LogP contribution in [0, 0.1) is 0 Å². The Morgan fingerprint density at radius 3 is 2.53 bits per heavy atom. The van der Waals surface area contributed by atoms with Crippen LogP contribution in [-0.4, -0.2) is 29.9 Å². The van der Waals surface area contributed by atoms with Gasteiger partial charge in [-0.1, -0.05) is 32.0 Å². The number of hydrogen-bond acceptors (Lipinski definition) is 4. The molecule has 1 aromatic rings. The Bertz CT molecular complexity index is 312. The molecule has 1 unspecified atom stereocenters. The number of para-hydroxylation sites is 1. The fraction of sp³-hybridized carbons (Fsp3) is 0.538. The Labute approximate surface area is 103 Å². The van der Waals surface area contributed by atoms with E-state index in [0.717, 1.165) is 5.69 Å². The molecule has 4 heteroatoms. The largest absolute Gasteiger partial charge is 0.386 e. The van der Waals surface area contributed by atoms with Crippen LogP contribution in [0.2, 0.25) is 0 Å². The first-order chi connectivity index (χ1) is 7.99. The van der Waals surface area contributed by atoms with Gasteiger partial charge < -0.3 is 10.4 Å². The van der Waals surface area contributed by atoms with E-state index in [0.29, 0.717) is 12.6 Å². The zero-order chi connectivity index (χ0) is 12.7. The van der Waals surface area contributed by atoms with E-state index in [1.807, 2.05) is 44.2 Å². The van der Waals surface area contributed by atoms with Crippen LogP contribution in [0.15, 0.2) is 30.3 Å². The number of nitrogens with one attached hydrogen (secondary N) is 2. The van der Waals surface area contributed by atoms with Crippen molar-refractivity contribution in [2.45, 2.75) is 32.4 Å². The van der Waals surface area contributed by atoms with E-state index in [9.17, 15) is 5.11 Å². The van der Waals surface area contributed by atoms with Gasteiger partial charge in [0.05, 0.1) is 5.69 Å². The van der Waals surface area contributed by atoms with Crippen molar-refractivity contribution in [1.82, 2.24) is 5.32 Å². The van der Waals surface area contributed by atoms with Crippen molar-refractivity contribution in [2.24, 2.45) is 0 Å². The van der Waals surface area contributed by atoms with Gasteiger partial charge in [0.25, 0.3) is 0 Å². The molecular formula is C13H22N2O2. The minimum atomic E-state index is -0.883. The summed E-state index contributed by atoms with van der Waals surface area (Å²) in [5, 5.41) is 13.2. The lowest BCUT2D eigenvalue weighted by Crippen LogP contribution is -2.44. The second kappa shape index (κ2) is 6.59. The maximum Gasteiger partial charge on any atom is 0.104 e. The molecule has 0 heterocycles. The van der Waals surface area contributed by atoms with E-state index in [-0.39, 0.29) is 6.61 Å². The Morgan fingerprint density at radius 2 is 1.94 bits per heavy atom. The molecule has 0 aliphatic heterocycles. The van der Waals surface area contributed by atoms with Gasteiger partial charge in [0, 0.05) is 12.6 Å². The third-order valence-electron chi connectivity index (χ3n) is 2.24. The first-order valence-corrected chi connectivity index (χ1v) is 5.88. The van der Waals surface area contributed by atoms with E-state index in [1.165, 1.54) is 0 Å². The monoisotopic (exact) mass is 238 g/mol. The minimum absolute atomic E-state index is 0.224. The lowest BCUT2D eigenvalue weighted by Gasteiger charge is -2.24.